The molecule has 0 saturated heterocycles. The largest absolute Gasteiger partial charge is 0.467 e. The van der Waals surface area contributed by atoms with Gasteiger partial charge in [0.2, 0.25) is 0 Å². The summed E-state index contributed by atoms with van der Waals surface area (Å²) in [6.45, 7) is 5.49. The highest BCUT2D eigenvalue weighted by molar-refractivity contribution is 5.82. The molecule has 0 bridgehead atoms. The minimum Gasteiger partial charge on any atom is -0.467 e. The molecule has 1 amide bonds. The van der Waals surface area contributed by atoms with Gasteiger partial charge in [0, 0.05) is 11.4 Å². The summed E-state index contributed by atoms with van der Waals surface area (Å²) in [6, 6.07) is 18.4. The third-order valence-corrected chi connectivity index (χ3v) is 3.68. The molecular formula is C21H26N2O4. The van der Waals surface area contributed by atoms with Crippen LogP contribution in [0.1, 0.15) is 20.8 Å². The number of carbonyl (C=O) groups is 2. The minimum atomic E-state index is -0.898. The molecule has 0 heterocycles. The molecule has 1 atom stereocenters. The highest BCUT2D eigenvalue weighted by Gasteiger charge is 2.27. The maximum absolute atomic E-state index is 12.3. The van der Waals surface area contributed by atoms with Crippen molar-refractivity contribution in [3.63, 3.8) is 0 Å². The van der Waals surface area contributed by atoms with Crippen LogP contribution in [0.3, 0.4) is 0 Å². The third-order valence-electron chi connectivity index (χ3n) is 3.68. The normalized spacial score (nSPS) is 12.0. The van der Waals surface area contributed by atoms with Gasteiger partial charge >= 0.3 is 12.1 Å². The fourth-order valence-electron chi connectivity index (χ4n) is 2.53. The summed E-state index contributed by atoms with van der Waals surface area (Å²) in [5.74, 6) is -0.544. The van der Waals surface area contributed by atoms with E-state index in [0.717, 1.165) is 11.4 Å². The zero-order chi connectivity index (χ0) is 19.9. The Bertz CT molecular complexity index is 702. The zero-order valence-corrected chi connectivity index (χ0v) is 16.1. The van der Waals surface area contributed by atoms with E-state index in [1.807, 2.05) is 65.6 Å². The first-order valence-electron chi connectivity index (χ1n) is 8.75. The van der Waals surface area contributed by atoms with Crippen molar-refractivity contribution in [3.05, 3.63) is 60.7 Å². The van der Waals surface area contributed by atoms with Crippen LogP contribution < -0.4 is 10.2 Å². The van der Waals surface area contributed by atoms with Crippen molar-refractivity contribution in [2.45, 2.75) is 32.4 Å². The van der Waals surface area contributed by atoms with Crippen LogP contribution in [-0.4, -0.2) is 37.4 Å². The van der Waals surface area contributed by atoms with E-state index in [4.69, 9.17) is 9.47 Å². The number of carbonyl (C=O) groups excluding carboxylic acids is 2. The van der Waals surface area contributed by atoms with Crippen LogP contribution in [-0.2, 0) is 14.3 Å². The quantitative estimate of drug-likeness (QED) is 0.782. The van der Waals surface area contributed by atoms with Crippen LogP contribution in [0.4, 0.5) is 16.2 Å². The Kier molecular flexibility index (Phi) is 6.82. The van der Waals surface area contributed by atoms with E-state index in [2.05, 4.69) is 5.32 Å². The van der Waals surface area contributed by atoms with Gasteiger partial charge in [0.1, 0.15) is 11.6 Å². The molecule has 2 aromatic rings. The van der Waals surface area contributed by atoms with E-state index in [1.54, 1.807) is 20.8 Å². The number of benzene rings is 2. The van der Waals surface area contributed by atoms with Crippen molar-refractivity contribution in [2.24, 2.45) is 0 Å². The molecule has 0 spiro atoms. The lowest BCUT2D eigenvalue weighted by molar-refractivity contribution is -0.142. The molecule has 0 fully saturated rings. The fourth-order valence-corrected chi connectivity index (χ4v) is 2.53. The fraction of sp³-hybridized carbons (Fsp3) is 0.333. The summed E-state index contributed by atoms with van der Waals surface area (Å²) in [5, 5.41) is 2.62. The smallest absolute Gasteiger partial charge is 0.408 e. The predicted octanol–water partition coefficient (Wildman–Crippen LogP) is 3.89. The first kappa shape index (κ1) is 20.3. The number of para-hydroxylation sites is 2. The molecule has 0 aromatic heterocycles. The molecule has 0 radical (unpaired) electrons. The Morgan fingerprint density at radius 3 is 1.85 bits per heavy atom. The molecule has 0 aliphatic carbocycles. The maximum Gasteiger partial charge on any atom is 0.408 e. The second-order valence-electron chi connectivity index (χ2n) is 7.00. The minimum absolute atomic E-state index is 0.194. The molecule has 0 aliphatic rings. The molecule has 144 valence electrons. The summed E-state index contributed by atoms with van der Waals surface area (Å²) >= 11 is 0. The van der Waals surface area contributed by atoms with Crippen molar-refractivity contribution in [1.82, 2.24) is 5.32 Å². The topological polar surface area (TPSA) is 67.9 Å². The predicted molar refractivity (Wildman–Crippen MR) is 105 cm³/mol. The van der Waals surface area contributed by atoms with Gasteiger partial charge < -0.3 is 19.7 Å². The molecule has 27 heavy (non-hydrogen) atoms. The number of esters is 1. The number of nitrogens with zero attached hydrogens (tertiary/aromatic N) is 1. The Morgan fingerprint density at radius 2 is 1.44 bits per heavy atom. The first-order chi connectivity index (χ1) is 12.8. The Balaban J connectivity index is 2.27. The summed E-state index contributed by atoms with van der Waals surface area (Å²) in [7, 11) is 1.29. The highest BCUT2D eigenvalue weighted by Crippen LogP contribution is 2.25. The second kappa shape index (κ2) is 9.07. The number of nitrogens with one attached hydrogen (secondary N) is 1. The number of amides is 1. The number of hydrogen-bond donors (Lipinski definition) is 1. The van der Waals surface area contributed by atoms with Gasteiger partial charge in [-0.2, -0.15) is 0 Å². The van der Waals surface area contributed by atoms with E-state index in [1.165, 1.54) is 7.11 Å². The molecule has 2 aromatic carbocycles. The highest BCUT2D eigenvalue weighted by atomic mass is 16.6. The van der Waals surface area contributed by atoms with Crippen LogP contribution >= 0.6 is 0 Å². The van der Waals surface area contributed by atoms with Gasteiger partial charge in [-0.3, -0.25) is 0 Å². The number of hydrogen-bond acceptors (Lipinski definition) is 5. The van der Waals surface area contributed by atoms with E-state index in [9.17, 15) is 9.59 Å². The van der Waals surface area contributed by atoms with E-state index < -0.39 is 23.7 Å². The number of rotatable bonds is 6. The Labute approximate surface area is 160 Å². The molecule has 0 saturated carbocycles. The van der Waals surface area contributed by atoms with Crippen molar-refractivity contribution in [2.75, 3.05) is 18.6 Å². The van der Waals surface area contributed by atoms with Crippen LogP contribution in [0.15, 0.2) is 60.7 Å². The standard InChI is InChI=1S/C21H26N2O4/c1-21(2,3)27-20(25)22-18(19(24)26-4)15-23(16-11-7-5-8-12-16)17-13-9-6-10-14-17/h5-14,18H,15H2,1-4H3,(H,22,25). The number of alkyl carbamates (subject to hydrolysis) is 1. The van der Waals surface area contributed by atoms with Gasteiger partial charge in [0.15, 0.2) is 0 Å². The van der Waals surface area contributed by atoms with Gasteiger partial charge in [0.25, 0.3) is 0 Å². The van der Waals surface area contributed by atoms with Crippen LogP contribution in [0, 0.1) is 0 Å². The van der Waals surface area contributed by atoms with E-state index >= 15 is 0 Å². The van der Waals surface area contributed by atoms with Crippen LogP contribution in [0.25, 0.3) is 0 Å². The van der Waals surface area contributed by atoms with Gasteiger partial charge in [-0.05, 0) is 45.0 Å². The molecule has 6 nitrogen and oxygen atoms in total. The lowest BCUT2D eigenvalue weighted by atomic mass is 10.2. The summed E-state index contributed by atoms with van der Waals surface area (Å²) in [4.78, 5) is 26.4. The van der Waals surface area contributed by atoms with Crippen molar-refractivity contribution < 1.29 is 19.1 Å². The van der Waals surface area contributed by atoms with Gasteiger partial charge in [-0.25, -0.2) is 9.59 Å². The van der Waals surface area contributed by atoms with Crippen molar-refractivity contribution in [1.29, 1.82) is 0 Å². The molecule has 6 heteroatoms. The van der Waals surface area contributed by atoms with E-state index in [0.29, 0.717) is 0 Å². The van der Waals surface area contributed by atoms with Crippen molar-refractivity contribution >= 4 is 23.4 Å². The zero-order valence-electron chi connectivity index (χ0n) is 16.1. The average molecular weight is 370 g/mol. The molecule has 1 N–H and O–H groups in total. The Morgan fingerprint density at radius 1 is 0.963 bits per heavy atom. The lowest BCUT2D eigenvalue weighted by Gasteiger charge is -2.29. The van der Waals surface area contributed by atoms with E-state index in [-0.39, 0.29) is 6.54 Å². The summed E-state index contributed by atoms with van der Waals surface area (Å²) in [5.41, 5.74) is 1.12. The summed E-state index contributed by atoms with van der Waals surface area (Å²) < 4.78 is 10.2. The molecule has 1 unspecified atom stereocenters. The molecule has 0 aliphatic heterocycles. The third kappa shape index (κ3) is 6.33. The number of methoxy groups -OCH3 is 1. The molecular weight excluding hydrogens is 344 g/mol. The second-order valence-corrected chi connectivity index (χ2v) is 7.00. The van der Waals surface area contributed by atoms with Crippen LogP contribution in [0.5, 0.6) is 0 Å². The Hall–Kier alpha value is -3.02. The number of ether oxygens (including phenoxy) is 2. The van der Waals surface area contributed by atoms with Gasteiger partial charge in [0.05, 0.1) is 13.7 Å². The lowest BCUT2D eigenvalue weighted by Crippen LogP contribution is -2.49. The monoisotopic (exact) mass is 370 g/mol. The summed E-state index contributed by atoms with van der Waals surface area (Å²) in [6.07, 6.45) is -0.668. The van der Waals surface area contributed by atoms with Crippen LogP contribution in [0.2, 0.25) is 0 Å². The van der Waals surface area contributed by atoms with Gasteiger partial charge in [-0.15, -0.1) is 0 Å². The average Bonchev–Trinajstić information content (AvgIpc) is 2.64. The van der Waals surface area contributed by atoms with Crippen molar-refractivity contribution in [3.8, 4) is 0 Å². The first-order valence-corrected chi connectivity index (χ1v) is 8.75. The SMILES string of the molecule is COC(=O)C(CN(c1ccccc1)c1ccccc1)NC(=O)OC(C)(C)C. The maximum atomic E-state index is 12.3. The number of anilines is 2. The molecule has 2 rings (SSSR count). The van der Waals surface area contributed by atoms with Gasteiger partial charge in [-0.1, -0.05) is 36.4 Å².